The SMILES string of the molecule is Cc1ncnc2c1c(C#N)cn2[C@@]1(CO)OC[C@H](O)[C@@H]1O. The van der Waals surface area contributed by atoms with Crippen LogP contribution in [-0.2, 0) is 10.5 Å². The molecular weight excluding hydrogens is 276 g/mol. The number of rotatable bonds is 2. The highest BCUT2D eigenvalue weighted by Gasteiger charge is 2.51. The minimum Gasteiger partial charge on any atom is -0.391 e. The van der Waals surface area contributed by atoms with Crippen LogP contribution in [0.1, 0.15) is 11.3 Å². The van der Waals surface area contributed by atoms with Gasteiger partial charge in [0.25, 0.3) is 0 Å². The molecule has 3 atom stereocenters. The van der Waals surface area contributed by atoms with E-state index in [-0.39, 0.29) is 6.61 Å². The molecule has 21 heavy (non-hydrogen) atoms. The topological polar surface area (TPSA) is 124 Å². The minimum atomic E-state index is -1.56. The maximum absolute atomic E-state index is 10.2. The van der Waals surface area contributed by atoms with Gasteiger partial charge in [-0.05, 0) is 6.92 Å². The molecule has 0 bridgehead atoms. The highest BCUT2D eigenvalue weighted by atomic mass is 16.6. The van der Waals surface area contributed by atoms with E-state index in [9.17, 15) is 20.6 Å². The first-order valence-electron chi connectivity index (χ1n) is 6.39. The van der Waals surface area contributed by atoms with Crippen molar-refractivity contribution >= 4 is 11.0 Å². The molecule has 3 N–H and O–H groups in total. The van der Waals surface area contributed by atoms with Crippen molar-refractivity contribution in [3.05, 3.63) is 23.8 Å². The maximum atomic E-state index is 10.2. The van der Waals surface area contributed by atoms with Crippen LogP contribution in [0.2, 0.25) is 0 Å². The first-order chi connectivity index (χ1) is 10.0. The molecule has 2 aromatic heterocycles. The molecule has 0 spiro atoms. The van der Waals surface area contributed by atoms with E-state index in [1.54, 1.807) is 6.92 Å². The van der Waals surface area contributed by atoms with Crippen LogP contribution in [0.5, 0.6) is 0 Å². The molecule has 0 amide bonds. The Bertz CT molecular complexity index is 738. The second-order valence-electron chi connectivity index (χ2n) is 5.01. The number of ether oxygens (including phenoxy) is 1. The predicted octanol–water partition coefficient (Wildman–Crippen LogP) is -0.992. The zero-order valence-electron chi connectivity index (χ0n) is 11.3. The number of nitriles is 1. The second kappa shape index (κ2) is 4.75. The molecule has 0 saturated carbocycles. The van der Waals surface area contributed by atoms with Crippen LogP contribution < -0.4 is 0 Å². The lowest BCUT2D eigenvalue weighted by Gasteiger charge is -2.31. The summed E-state index contributed by atoms with van der Waals surface area (Å²) in [6, 6.07) is 2.04. The minimum absolute atomic E-state index is 0.118. The van der Waals surface area contributed by atoms with Gasteiger partial charge in [-0.2, -0.15) is 5.26 Å². The Morgan fingerprint density at radius 2 is 2.29 bits per heavy atom. The maximum Gasteiger partial charge on any atom is 0.198 e. The van der Waals surface area contributed by atoms with Gasteiger partial charge in [-0.3, -0.25) is 4.57 Å². The molecule has 0 aromatic carbocycles. The van der Waals surface area contributed by atoms with Crippen molar-refractivity contribution < 1.29 is 20.1 Å². The molecule has 1 fully saturated rings. The standard InChI is InChI=1S/C13H14N4O4/c1-7-10-8(2-14)3-17(12(10)16-6-15-7)13(5-18)11(20)9(19)4-21-13/h3,6,9,11,18-20H,4-5H2,1H3/t9-,11-,13-/m0/s1. The van der Waals surface area contributed by atoms with Crippen molar-refractivity contribution in [3.8, 4) is 6.07 Å². The van der Waals surface area contributed by atoms with Crippen LogP contribution in [-0.4, -0.2) is 55.3 Å². The van der Waals surface area contributed by atoms with Crippen LogP contribution in [0, 0.1) is 18.3 Å². The van der Waals surface area contributed by atoms with E-state index < -0.39 is 24.5 Å². The van der Waals surface area contributed by atoms with E-state index in [1.807, 2.05) is 6.07 Å². The number of aryl methyl sites for hydroxylation is 1. The molecule has 3 rings (SSSR count). The normalized spacial score (nSPS) is 28.9. The van der Waals surface area contributed by atoms with Gasteiger partial charge in [0.05, 0.1) is 29.9 Å². The van der Waals surface area contributed by atoms with Gasteiger partial charge < -0.3 is 20.1 Å². The quantitative estimate of drug-likeness (QED) is 0.648. The molecule has 1 saturated heterocycles. The molecule has 0 radical (unpaired) electrons. The Hall–Kier alpha value is -2.05. The zero-order chi connectivity index (χ0) is 15.2. The fourth-order valence-corrected chi connectivity index (χ4v) is 2.72. The molecule has 3 heterocycles. The summed E-state index contributed by atoms with van der Waals surface area (Å²) in [4.78, 5) is 8.17. The Labute approximate surface area is 119 Å². The summed E-state index contributed by atoms with van der Waals surface area (Å²) in [5, 5.41) is 39.4. The monoisotopic (exact) mass is 290 g/mol. The highest BCUT2D eigenvalue weighted by molar-refractivity contribution is 5.85. The van der Waals surface area contributed by atoms with E-state index in [2.05, 4.69) is 9.97 Å². The summed E-state index contributed by atoms with van der Waals surface area (Å²) in [6.45, 7) is 1.05. The Balaban J connectivity index is 2.31. The van der Waals surface area contributed by atoms with E-state index in [0.29, 0.717) is 22.3 Å². The molecule has 110 valence electrons. The molecule has 2 aromatic rings. The number of hydrogen-bond acceptors (Lipinski definition) is 7. The first-order valence-corrected chi connectivity index (χ1v) is 6.39. The van der Waals surface area contributed by atoms with Crippen molar-refractivity contribution in [2.45, 2.75) is 24.9 Å². The van der Waals surface area contributed by atoms with Crippen LogP contribution in [0.15, 0.2) is 12.5 Å². The fourth-order valence-electron chi connectivity index (χ4n) is 2.72. The van der Waals surface area contributed by atoms with Crippen molar-refractivity contribution in [1.82, 2.24) is 14.5 Å². The van der Waals surface area contributed by atoms with Crippen molar-refractivity contribution in [1.29, 1.82) is 5.26 Å². The average Bonchev–Trinajstić information content (AvgIpc) is 3.01. The lowest BCUT2D eigenvalue weighted by Crippen LogP contribution is -2.48. The van der Waals surface area contributed by atoms with E-state index in [0.717, 1.165) is 0 Å². The van der Waals surface area contributed by atoms with E-state index in [1.165, 1.54) is 17.1 Å². The van der Waals surface area contributed by atoms with Crippen molar-refractivity contribution in [2.75, 3.05) is 13.2 Å². The Kier molecular flexibility index (Phi) is 3.15. The zero-order valence-corrected chi connectivity index (χ0v) is 11.3. The van der Waals surface area contributed by atoms with Gasteiger partial charge >= 0.3 is 0 Å². The predicted molar refractivity (Wildman–Crippen MR) is 70.0 cm³/mol. The number of aliphatic hydroxyl groups excluding tert-OH is 3. The largest absolute Gasteiger partial charge is 0.391 e. The second-order valence-corrected chi connectivity index (χ2v) is 5.01. The molecule has 0 aliphatic carbocycles. The fraction of sp³-hybridized carbons (Fsp3) is 0.462. The molecule has 1 aliphatic heterocycles. The van der Waals surface area contributed by atoms with E-state index >= 15 is 0 Å². The van der Waals surface area contributed by atoms with Crippen LogP contribution in [0.3, 0.4) is 0 Å². The highest BCUT2D eigenvalue weighted by Crippen LogP contribution is 2.35. The van der Waals surface area contributed by atoms with Gasteiger partial charge in [0.15, 0.2) is 5.72 Å². The molecule has 1 aliphatic rings. The van der Waals surface area contributed by atoms with Crippen LogP contribution in [0.25, 0.3) is 11.0 Å². The van der Waals surface area contributed by atoms with Crippen LogP contribution in [0.4, 0.5) is 0 Å². The first kappa shape index (κ1) is 13.9. The lowest BCUT2D eigenvalue weighted by molar-refractivity contribution is -0.149. The van der Waals surface area contributed by atoms with Gasteiger partial charge in [0, 0.05) is 6.20 Å². The Morgan fingerprint density at radius 1 is 1.52 bits per heavy atom. The average molecular weight is 290 g/mol. The third-order valence-corrected chi connectivity index (χ3v) is 3.86. The van der Waals surface area contributed by atoms with Gasteiger partial charge in [-0.15, -0.1) is 0 Å². The summed E-state index contributed by atoms with van der Waals surface area (Å²) < 4.78 is 6.85. The van der Waals surface area contributed by atoms with Crippen LogP contribution >= 0.6 is 0 Å². The van der Waals surface area contributed by atoms with E-state index in [4.69, 9.17) is 4.74 Å². The molecule has 8 nitrogen and oxygen atoms in total. The molecule has 0 unspecified atom stereocenters. The van der Waals surface area contributed by atoms with Gasteiger partial charge in [0.2, 0.25) is 0 Å². The van der Waals surface area contributed by atoms with Crippen molar-refractivity contribution in [3.63, 3.8) is 0 Å². The number of hydrogen-bond donors (Lipinski definition) is 3. The Morgan fingerprint density at radius 3 is 2.86 bits per heavy atom. The third kappa shape index (κ3) is 1.76. The summed E-state index contributed by atoms with van der Waals surface area (Å²) >= 11 is 0. The molecular formula is C13H14N4O4. The summed E-state index contributed by atoms with van der Waals surface area (Å²) in [7, 11) is 0. The lowest BCUT2D eigenvalue weighted by atomic mass is 10.1. The summed E-state index contributed by atoms with van der Waals surface area (Å²) in [5.41, 5.74) is -0.279. The summed E-state index contributed by atoms with van der Waals surface area (Å²) in [6.07, 6.45) is 0.324. The smallest absolute Gasteiger partial charge is 0.198 e. The summed E-state index contributed by atoms with van der Waals surface area (Å²) in [5.74, 6) is 0. The number of fused-ring (bicyclic) bond motifs is 1. The number of nitrogens with zero attached hydrogens (tertiary/aromatic N) is 4. The number of aromatic nitrogens is 3. The number of aliphatic hydroxyl groups is 3. The van der Waals surface area contributed by atoms with Gasteiger partial charge in [-0.25, -0.2) is 9.97 Å². The third-order valence-electron chi connectivity index (χ3n) is 3.86. The molecule has 8 heteroatoms. The van der Waals surface area contributed by atoms with Gasteiger partial charge in [-0.1, -0.05) is 0 Å². The van der Waals surface area contributed by atoms with Crippen molar-refractivity contribution in [2.24, 2.45) is 0 Å². The van der Waals surface area contributed by atoms with Gasteiger partial charge in [0.1, 0.15) is 30.3 Å².